The molecule has 0 spiro atoms. The number of esters is 1. The molecule has 1 aliphatic rings. The highest BCUT2D eigenvalue weighted by Gasteiger charge is 2.27. The molecule has 1 fully saturated rings. The molecule has 96 valence electrons. The first-order chi connectivity index (χ1) is 7.19. The molecular formula is C10H21ClN2O3. The van der Waals surface area contributed by atoms with Crippen LogP contribution in [0.25, 0.3) is 0 Å². The molecule has 2 N–H and O–H groups in total. The van der Waals surface area contributed by atoms with E-state index in [2.05, 4.69) is 4.90 Å². The summed E-state index contributed by atoms with van der Waals surface area (Å²) in [6.07, 6.45) is 0.0376. The van der Waals surface area contributed by atoms with Crippen LogP contribution in [0.2, 0.25) is 0 Å². The minimum absolute atomic E-state index is 0. The second-order valence-corrected chi connectivity index (χ2v) is 3.65. The molecule has 0 aromatic carbocycles. The molecular weight excluding hydrogens is 232 g/mol. The fraction of sp³-hybridized carbons (Fsp3) is 0.900. The van der Waals surface area contributed by atoms with Crippen molar-refractivity contribution in [1.29, 1.82) is 0 Å². The van der Waals surface area contributed by atoms with E-state index in [1.807, 2.05) is 13.8 Å². The Kier molecular flexibility index (Phi) is 7.66. The highest BCUT2D eigenvalue weighted by Crippen LogP contribution is 2.09. The Balaban J connectivity index is 0.00000225. The van der Waals surface area contributed by atoms with Crippen LogP contribution in [-0.4, -0.2) is 55.9 Å². The minimum atomic E-state index is -0.206. The molecule has 1 saturated heterocycles. The van der Waals surface area contributed by atoms with E-state index >= 15 is 0 Å². The Labute approximate surface area is 103 Å². The third-order valence-electron chi connectivity index (χ3n) is 2.61. The molecule has 1 rings (SSSR count). The lowest BCUT2D eigenvalue weighted by atomic mass is 10.2. The number of carbonyl (C=O) groups excluding carboxylic acids is 1. The SMILES string of the molecule is CCOC(=O)C(C)N1CCOC(CN)C1.Cl. The van der Waals surface area contributed by atoms with E-state index < -0.39 is 0 Å². The summed E-state index contributed by atoms with van der Waals surface area (Å²) in [6.45, 7) is 6.68. The number of halogens is 1. The summed E-state index contributed by atoms with van der Waals surface area (Å²) in [7, 11) is 0. The van der Waals surface area contributed by atoms with E-state index in [-0.39, 0.29) is 30.5 Å². The van der Waals surface area contributed by atoms with Gasteiger partial charge in [-0.15, -0.1) is 12.4 Å². The zero-order valence-corrected chi connectivity index (χ0v) is 10.7. The van der Waals surface area contributed by atoms with Gasteiger partial charge in [0.25, 0.3) is 0 Å². The van der Waals surface area contributed by atoms with Gasteiger partial charge in [0.2, 0.25) is 0 Å². The van der Waals surface area contributed by atoms with Crippen molar-refractivity contribution >= 4 is 18.4 Å². The monoisotopic (exact) mass is 252 g/mol. The van der Waals surface area contributed by atoms with Crippen molar-refractivity contribution in [2.75, 3.05) is 32.8 Å². The fourth-order valence-electron chi connectivity index (χ4n) is 1.65. The topological polar surface area (TPSA) is 64.8 Å². The first-order valence-corrected chi connectivity index (χ1v) is 5.41. The molecule has 2 unspecified atom stereocenters. The highest BCUT2D eigenvalue weighted by atomic mass is 35.5. The molecule has 6 heteroatoms. The van der Waals surface area contributed by atoms with Gasteiger partial charge in [0.1, 0.15) is 6.04 Å². The molecule has 0 saturated carbocycles. The summed E-state index contributed by atoms with van der Waals surface area (Å²) in [5, 5.41) is 0. The second kappa shape index (κ2) is 7.84. The van der Waals surface area contributed by atoms with Crippen molar-refractivity contribution in [1.82, 2.24) is 4.90 Å². The summed E-state index contributed by atoms with van der Waals surface area (Å²) >= 11 is 0. The zero-order valence-electron chi connectivity index (χ0n) is 9.85. The molecule has 2 atom stereocenters. The molecule has 0 amide bonds. The van der Waals surface area contributed by atoms with Gasteiger partial charge < -0.3 is 15.2 Å². The number of ether oxygens (including phenoxy) is 2. The van der Waals surface area contributed by atoms with Gasteiger partial charge in [0, 0.05) is 19.6 Å². The number of rotatable bonds is 4. The maximum Gasteiger partial charge on any atom is 0.323 e. The number of carbonyl (C=O) groups is 1. The van der Waals surface area contributed by atoms with Crippen LogP contribution in [0, 0.1) is 0 Å². The number of nitrogens with two attached hydrogens (primary N) is 1. The molecule has 16 heavy (non-hydrogen) atoms. The first-order valence-electron chi connectivity index (χ1n) is 5.41. The van der Waals surface area contributed by atoms with E-state index in [0.717, 1.165) is 6.54 Å². The van der Waals surface area contributed by atoms with Gasteiger partial charge in [-0.05, 0) is 13.8 Å². The molecule has 1 aliphatic heterocycles. The second-order valence-electron chi connectivity index (χ2n) is 3.65. The largest absolute Gasteiger partial charge is 0.465 e. The van der Waals surface area contributed by atoms with Crippen LogP contribution in [0.4, 0.5) is 0 Å². The Morgan fingerprint density at radius 2 is 2.38 bits per heavy atom. The van der Waals surface area contributed by atoms with Gasteiger partial charge in [-0.2, -0.15) is 0 Å². The number of morpholine rings is 1. The summed E-state index contributed by atoms with van der Waals surface area (Å²) in [5.74, 6) is -0.171. The normalized spacial score (nSPS) is 23.3. The van der Waals surface area contributed by atoms with Crippen LogP contribution in [0.15, 0.2) is 0 Å². The van der Waals surface area contributed by atoms with Crippen molar-refractivity contribution in [2.45, 2.75) is 26.0 Å². The van der Waals surface area contributed by atoms with Crippen LogP contribution in [-0.2, 0) is 14.3 Å². The van der Waals surface area contributed by atoms with E-state index in [0.29, 0.717) is 26.3 Å². The summed E-state index contributed by atoms with van der Waals surface area (Å²) in [5.41, 5.74) is 5.53. The van der Waals surface area contributed by atoms with Crippen molar-refractivity contribution < 1.29 is 14.3 Å². The molecule has 0 radical (unpaired) electrons. The molecule has 0 aromatic heterocycles. The van der Waals surface area contributed by atoms with Crippen molar-refractivity contribution in [3.8, 4) is 0 Å². The summed E-state index contributed by atoms with van der Waals surface area (Å²) in [4.78, 5) is 13.6. The van der Waals surface area contributed by atoms with Gasteiger partial charge >= 0.3 is 5.97 Å². The smallest absolute Gasteiger partial charge is 0.323 e. The van der Waals surface area contributed by atoms with Crippen molar-refractivity contribution in [2.24, 2.45) is 5.73 Å². The summed E-state index contributed by atoms with van der Waals surface area (Å²) < 4.78 is 10.4. The number of nitrogens with zero attached hydrogens (tertiary/aromatic N) is 1. The molecule has 1 heterocycles. The molecule has 5 nitrogen and oxygen atoms in total. The van der Waals surface area contributed by atoms with Crippen LogP contribution in [0.1, 0.15) is 13.8 Å². The quantitative estimate of drug-likeness (QED) is 0.715. The zero-order chi connectivity index (χ0) is 11.3. The van der Waals surface area contributed by atoms with Crippen molar-refractivity contribution in [3.63, 3.8) is 0 Å². The van der Waals surface area contributed by atoms with Crippen LogP contribution in [0.3, 0.4) is 0 Å². The Morgan fingerprint density at radius 3 is 2.94 bits per heavy atom. The number of hydrogen-bond donors (Lipinski definition) is 1. The van der Waals surface area contributed by atoms with Gasteiger partial charge in [-0.1, -0.05) is 0 Å². The lowest BCUT2D eigenvalue weighted by Gasteiger charge is -2.35. The van der Waals surface area contributed by atoms with Crippen LogP contribution >= 0.6 is 12.4 Å². The lowest BCUT2D eigenvalue weighted by Crippen LogP contribution is -2.51. The Hall–Kier alpha value is -0.360. The predicted molar refractivity (Wildman–Crippen MR) is 63.7 cm³/mol. The van der Waals surface area contributed by atoms with E-state index in [9.17, 15) is 4.79 Å². The van der Waals surface area contributed by atoms with Crippen LogP contribution < -0.4 is 5.73 Å². The van der Waals surface area contributed by atoms with E-state index in [4.69, 9.17) is 15.2 Å². The van der Waals surface area contributed by atoms with E-state index in [1.54, 1.807) is 0 Å². The van der Waals surface area contributed by atoms with Crippen LogP contribution in [0.5, 0.6) is 0 Å². The minimum Gasteiger partial charge on any atom is -0.465 e. The predicted octanol–water partition coefficient (Wildman–Crippen LogP) is 0.0193. The maximum absolute atomic E-state index is 11.5. The third kappa shape index (κ3) is 4.25. The standard InChI is InChI=1S/C10H20N2O3.ClH/c1-3-14-10(13)8(2)12-4-5-15-9(6-11)7-12;/h8-9H,3-7,11H2,1-2H3;1H. The average Bonchev–Trinajstić information content (AvgIpc) is 2.28. The summed E-state index contributed by atoms with van der Waals surface area (Å²) in [6, 6.07) is -0.206. The highest BCUT2D eigenvalue weighted by molar-refractivity contribution is 5.85. The fourth-order valence-corrected chi connectivity index (χ4v) is 1.65. The first kappa shape index (κ1) is 15.6. The van der Waals surface area contributed by atoms with Gasteiger partial charge in [0.05, 0.1) is 19.3 Å². The average molecular weight is 253 g/mol. The van der Waals surface area contributed by atoms with Crippen molar-refractivity contribution in [3.05, 3.63) is 0 Å². The molecule has 0 aromatic rings. The molecule has 0 bridgehead atoms. The molecule has 0 aliphatic carbocycles. The van der Waals surface area contributed by atoms with Gasteiger partial charge in [0.15, 0.2) is 0 Å². The number of hydrogen-bond acceptors (Lipinski definition) is 5. The maximum atomic E-state index is 11.5. The Morgan fingerprint density at radius 1 is 1.69 bits per heavy atom. The van der Waals surface area contributed by atoms with Gasteiger partial charge in [-0.3, -0.25) is 9.69 Å². The Bertz CT molecular complexity index is 216. The van der Waals surface area contributed by atoms with Gasteiger partial charge in [-0.25, -0.2) is 0 Å². The third-order valence-corrected chi connectivity index (χ3v) is 2.61. The van der Waals surface area contributed by atoms with E-state index in [1.165, 1.54) is 0 Å². The lowest BCUT2D eigenvalue weighted by molar-refractivity contribution is -0.151.